The minimum absolute atomic E-state index is 0.0626. The number of hydrogen-bond acceptors (Lipinski definition) is 7. The van der Waals surface area contributed by atoms with E-state index in [1.807, 2.05) is 43.3 Å². The van der Waals surface area contributed by atoms with E-state index in [4.69, 9.17) is 4.74 Å². The van der Waals surface area contributed by atoms with E-state index in [2.05, 4.69) is 10.3 Å². The molecule has 3 aromatic carbocycles. The second-order valence-corrected chi connectivity index (χ2v) is 15.0. The van der Waals surface area contributed by atoms with Crippen molar-refractivity contribution in [1.29, 1.82) is 0 Å². The van der Waals surface area contributed by atoms with Crippen LogP contribution in [0.15, 0.2) is 82.6 Å². The number of carbonyl (C=O) groups excluding carboxylic acids is 3. The Morgan fingerprint density at radius 3 is 2.40 bits per heavy atom. The molecule has 1 saturated heterocycles. The van der Waals surface area contributed by atoms with Gasteiger partial charge in [-0.25, -0.2) is 0 Å². The van der Waals surface area contributed by atoms with Gasteiger partial charge in [-0.05, 0) is 79.1 Å². The van der Waals surface area contributed by atoms with Crippen molar-refractivity contribution in [3.05, 3.63) is 104 Å². The molecule has 0 spiro atoms. The monoisotopic (exact) mass is 691 g/mol. The summed E-state index contributed by atoms with van der Waals surface area (Å²) in [6, 6.07) is 19.2. The number of fused-ring (bicyclic) bond motifs is 9. The summed E-state index contributed by atoms with van der Waals surface area (Å²) in [6.45, 7) is 1.77. The Hall–Kier alpha value is -4.36. The smallest absolute Gasteiger partial charge is 0.416 e. The number of amides is 3. The minimum Gasteiger partial charge on any atom is -0.484 e. The van der Waals surface area contributed by atoms with Crippen LogP contribution in [0.25, 0.3) is 0 Å². The Bertz CT molecular complexity index is 2010. The highest BCUT2D eigenvalue weighted by Crippen LogP contribution is 2.68. The maximum absolute atomic E-state index is 13.9. The van der Waals surface area contributed by atoms with Crippen molar-refractivity contribution in [3.63, 3.8) is 0 Å². The number of carbonyl (C=O) groups is 3. The SMILES string of the molecule is Cc1ccc(NC(=O)COc2ccc([C@H]3c4sc(=O)[nH]c4SC4C3[C@H]3C[C@@H]4C4C(=O)N(c5cccc(C(F)(F)F)c5)C(=O)C43)cc2)cc1. The molecule has 246 valence electrons. The van der Waals surface area contributed by atoms with Crippen LogP contribution >= 0.6 is 23.1 Å². The topological polar surface area (TPSA) is 109 Å². The molecule has 13 heteroatoms. The summed E-state index contributed by atoms with van der Waals surface area (Å²) in [5, 5.41) is 3.48. The third kappa shape index (κ3) is 5.06. The fraction of sp³-hybridized carbons (Fsp3) is 0.314. The molecular weight excluding hydrogens is 664 g/mol. The first-order valence-electron chi connectivity index (χ1n) is 15.5. The van der Waals surface area contributed by atoms with Crippen LogP contribution in [0, 0.1) is 36.5 Å². The number of anilines is 2. The standard InChI is InChI=1S/C35H28F3N3O5S2/c1-16-5-9-19(10-6-16)39-24(42)15-46-21-11-7-17(8-12-21)25-26-22-14-23(29(26)47-31-30(25)48-34(45)40-31)28-27(22)32(43)41(33(28)44)20-4-2-3-18(13-20)35(36,37)38/h2-13,22-23,25-29H,14-15H2,1H3,(H,39,42)(H,40,45)/t22-,23-,25-,26?,27?,28?,29?/m1/s1. The molecule has 3 amide bonds. The van der Waals surface area contributed by atoms with Crippen LogP contribution in [-0.2, 0) is 20.6 Å². The normalized spacial score (nSPS) is 27.1. The third-order valence-corrected chi connectivity index (χ3v) is 12.7. The summed E-state index contributed by atoms with van der Waals surface area (Å²) in [5.74, 6) is -2.68. The fourth-order valence-electron chi connectivity index (χ4n) is 8.22. The molecule has 8 rings (SSSR count). The van der Waals surface area contributed by atoms with Gasteiger partial charge in [0.05, 0.1) is 28.1 Å². The highest BCUT2D eigenvalue weighted by Gasteiger charge is 2.69. The molecule has 3 heterocycles. The quantitative estimate of drug-likeness (QED) is 0.225. The number of alkyl halides is 3. The van der Waals surface area contributed by atoms with Gasteiger partial charge >= 0.3 is 11.0 Å². The third-order valence-electron chi connectivity index (χ3n) is 10.1. The molecule has 2 saturated carbocycles. The van der Waals surface area contributed by atoms with Gasteiger partial charge in [0.15, 0.2) is 6.61 Å². The van der Waals surface area contributed by atoms with Crippen LogP contribution in [0.2, 0.25) is 0 Å². The van der Waals surface area contributed by atoms with Crippen molar-refractivity contribution >= 4 is 52.2 Å². The molecule has 4 aliphatic rings. The van der Waals surface area contributed by atoms with E-state index >= 15 is 0 Å². The lowest BCUT2D eigenvalue weighted by Crippen LogP contribution is -2.42. The van der Waals surface area contributed by atoms with E-state index in [0.29, 0.717) is 17.9 Å². The molecule has 2 aliphatic carbocycles. The Balaban J connectivity index is 1.05. The molecule has 4 aromatic rings. The maximum Gasteiger partial charge on any atom is 0.416 e. The molecule has 2 aliphatic heterocycles. The molecule has 8 nitrogen and oxygen atoms in total. The van der Waals surface area contributed by atoms with Crippen molar-refractivity contribution in [1.82, 2.24) is 4.98 Å². The van der Waals surface area contributed by atoms with Crippen molar-refractivity contribution in [3.8, 4) is 5.75 Å². The molecular formula is C35H28F3N3O5S2. The number of nitrogens with one attached hydrogen (secondary N) is 2. The van der Waals surface area contributed by atoms with Gasteiger partial charge in [-0.3, -0.25) is 24.1 Å². The van der Waals surface area contributed by atoms with Gasteiger partial charge in [-0.1, -0.05) is 47.2 Å². The molecule has 4 unspecified atom stereocenters. The van der Waals surface area contributed by atoms with Crippen LogP contribution in [0.1, 0.15) is 33.9 Å². The highest BCUT2D eigenvalue weighted by atomic mass is 32.2. The van der Waals surface area contributed by atoms with Gasteiger partial charge in [0.2, 0.25) is 11.8 Å². The van der Waals surface area contributed by atoms with Gasteiger partial charge in [0, 0.05) is 21.7 Å². The molecule has 3 fully saturated rings. The zero-order valence-corrected chi connectivity index (χ0v) is 27.0. The van der Waals surface area contributed by atoms with E-state index in [-0.39, 0.29) is 52.0 Å². The number of benzene rings is 3. The van der Waals surface area contributed by atoms with Crippen molar-refractivity contribution in [2.45, 2.75) is 35.7 Å². The van der Waals surface area contributed by atoms with Crippen LogP contribution in [0.4, 0.5) is 24.5 Å². The number of aromatic nitrogens is 1. The fourth-order valence-corrected chi connectivity index (χ4v) is 11.1. The zero-order chi connectivity index (χ0) is 33.5. The lowest BCUT2D eigenvalue weighted by molar-refractivity contribution is -0.137. The molecule has 2 N–H and O–H groups in total. The van der Waals surface area contributed by atoms with E-state index in [0.717, 1.165) is 49.4 Å². The van der Waals surface area contributed by atoms with Gasteiger partial charge in [-0.15, -0.1) is 11.8 Å². The minimum atomic E-state index is -4.61. The van der Waals surface area contributed by atoms with Crippen LogP contribution in [0.3, 0.4) is 0 Å². The number of ether oxygens (including phenoxy) is 1. The number of aryl methyl sites for hydroxylation is 1. The second kappa shape index (κ2) is 11.4. The number of aromatic amines is 1. The average molecular weight is 692 g/mol. The number of nitrogens with zero attached hydrogens (tertiary/aromatic N) is 1. The molecule has 2 bridgehead atoms. The Kier molecular flexibility index (Phi) is 7.33. The first kappa shape index (κ1) is 30.9. The largest absolute Gasteiger partial charge is 0.484 e. The summed E-state index contributed by atoms with van der Waals surface area (Å²) in [5.41, 5.74) is 1.68. The highest BCUT2D eigenvalue weighted by molar-refractivity contribution is 8.00. The van der Waals surface area contributed by atoms with Crippen LogP contribution < -0.4 is 19.8 Å². The van der Waals surface area contributed by atoms with Gasteiger partial charge < -0.3 is 15.0 Å². The summed E-state index contributed by atoms with van der Waals surface area (Å²) >= 11 is 2.67. The number of imide groups is 1. The van der Waals surface area contributed by atoms with Gasteiger partial charge in [0.1, 0.15) is 5.75 Å². The van der Waals surface area contributed by atoms with Crippen molar-refractivity contribution < 1.29 is 32.3 Å². The van der Waals surface area contributed by atoms with E-state index in [1.165, 1.54) is 23.9 Å². The first-order valence-corrected chi connectivity index (χ1v) is 17.2. The maximum atomic E-state index is 13.9. The first-order chi connectivity index (χ1) is 23.0. The molecule has 48 heavy (non-hydrogen) atoms. The van der Waals surface area contributed by atoms with Gasteiger partial charge in [0.25, 0.3) is 5.91 Å². The average Bonchev–Trinajstić information content (AvgIpc) is 3.80. The lowest BCUT2D eigenvalue weighted by Gasteiger charge is -2.43. The van der Waals surface area contributed by atoms with E-state index in [9.17, 15) is 32.3 Å². The predicted octanol–water partition coefficient (Wildman–Crippen LogP) is 6.46. The summed E-state index contributed by atoms with van der Waals surface area (Å²) in [7, 11) is 0. The van der Waals surface area contributed by atoms with E-state index in [1.54, 1.807) is 12.1 Å². The molecule has 1 aromatic heterocycles. The predicted molar refractivity (Wildman–Crippen MR) is 174 cm³/mol. The molecule has 0 radical (unpaired) electrons. The number of thiazole rings is 1. The zero-order valence-electron chi connectivity index (χ0n) is 25.3. The van der Waals surface area contributed by atoms with Crippen molar-refractivity contribution in [2.24, 2.45) is 29.6 Å². The number of hydrogen-bond donors (Lipinski definition) is 2. The Morgan fingerprint density at radius 2 is 1.69 bits per heavy atom. The van der Waals surface area contributed by atoms with Gasteiger partial charge in [-0.2, -0.15) is 13.2 Å². The Morgan fingerprint density at radius 1 is 0.979 bits per heavy atom. The summed E-state index contributed by atoms with van der Waals surface area (Å²) in [6.07, 6.45) is -3.96. The number of rotatable bonds is 6. The van der Waals surface area contributed by atoms with E-state index < -0.39 is 35.4 Å². The van der Waals surface area contributed by atoms with Crippen LogP contribution in [0.5, 0.6) is 5.75 Å². The Labute approximate surface area is 280 Å². The summed E-state index contributed by atoms with van der Waals surface area (Å²) in [4.78, 5) is 57.4. The second-order valence-electron chi connectivity index (χ2n) is 12.8. The number of H-pyrrole nitrogens is 1. The number of halogens is 3. The lowest BCUT2D eigenvalue weighted by atomic mass is 9.68. The van der Waals surface area contributed by atoms with Crippen molar-refractivity contribution in [2.75, 3.05) is 16.8 Å². The number of thioether (sulfide) groups is 1. The molecule has 7 atom stereocenters. The summed E-state index contributed by atoms with van der Waals surface area (Å²) < 4.78 is 46.3. The van der Waals surface area contributed by atoms with Crippen LogP contribution in [-0.4, -0.2) is 34.6 Å².